The zero-order chi connectivity index (χ0) is 14.1. The van der Waals surface area contributed by atoms with Crippen LogP contribution in [0.1, 0.15) is 17.2 Å². The van der Waals surface area contributed by atoms with Crippen molar-refractivity contribution >= 4 is 0 Å². The van der Waals surface area contributed by atoms with Crippen LogP contribution in [0.2, 0.25) is 0 Å². The molecule has 0 amide bonds. The molecule has 0 fully saturated rings. The zero-order valence-electron chi connectivity index (χ0n) is 10.9. The van der Waals surface area contributed by atoms with Crippen molar-refractivity contribution in [3.8, 4) is 17.2 Å². The van der Waals surface area contributed by atoms with Crippen molar-refractivity contribution in [2.45, 2.75) is 6.04 Å². The molecular weight excluding hydrogens is 261 g/mol. The third kappa shape index (κ3) is 2.16. The van der Waals surface area contributed by atoms with E-state index >= 15 is 0 Å². The molecule has 2 N–H and O–H groups in total. The normalized spacial score (nSPS) is 14.2. The predicted octanol–water partition coefficient (Wildman–Crippen LogP) is 2.61. The van der Waals surface area contributed by atoms with Crippen molar-refractivity contribution in [2.75, 3.05) is 13.9 Å². The fourth-order valence-corrected chi connectivity index (χ4v) is 2.17. The van der Waals surface area contributed by atoms with Crippen LogP contribution in [0.4, 0.5) is 4.39 Å². The molecule has 0 radical (unpaired) electrons. The van der Waals surface area contributed by atoms with Gasteiger partial charge in [-0.2, -0.15) is 0 Å². The van der Waals surface area contributed by atoms with Gasteiger partial charge >= 0.3 is 0 Å². The molecule has 1 aliphatic rings. The lowest BCUT2D eigenvalue weighted by atomic mass is 9.98. The van der Waals surface area contributed by atoms with Gasteiger partial charge in [0.2, 0.25) is 6.79 Å². The maximum atomic E-state index is 14.0. The number of methoxy groups -OCH3 is 1. The lowest BCUT2D eigenvalue weighted by Gasteiger charge is -2.14. The van der Waals surface area contributed by atoms with Gasteiger partial charge in [0.15, 0.2) is 11.5 Å². The van der Waals surface area contributed by atoms with E-state index in [0.717, 1.165) is 5.56 Å². The Balaban J connectivity index is 1.94. The van der Waals surface area contributed by atoms with E-state index in [9.17, 15) is 4.39 Å². The summed E-state index contributed by atoms with van der Waals surface area (Å²) in [5.41, 5.74) is 7.29. The Kier molecular flexibility index (Phi) is 3.20. The summed E-state index contributed by atoms with van der Waals surface area (Å²) in [4.78, 5) is 0. The lowest BCUT2D eigenvalue weighted by molar-refractivity contribution is 0.174. The van der Waals surface area contributed by atoms with E-state index in [-0.39, 0.29) is 6.79 Å². The minimum absolute atomic E-state index is 0.199. The van der Waals surface area contributed by atoms with Crippen molar-refractivity contribution in [1.29, 1.82) is 0 Å². The molecule has 1 aliphatic heterocycles. The first kappa shape index (κ1) is 12.7. The molecule has 1 atom stereocenters. The second-order valence-corrected chi connectivity index (χ2v) is 4.48. The first-order valence-electron chi connectivity index (χ1n) is 6.17. The Morgan fingerprint density at radius 2 is 1.95 bits per heavy atom. The van der Waals surface area contributed by atoms with Gasteiger partial charge in [-0.1, -0.05) is 12.1 Å². The quantitative estimate of drug-likeness (QED) is 0.935. The van der Waals surface area contributed by atoms with E-state index in [1.807, 2.05) is 6.07 Å². The third-order valence-corrected chi connectivity index (χ3v) is 3.30. The van der Waals surface area contributed by atoms with E-state index in [0.29, 0.717) is 22.8 Å². The largest absolute Gasteiger partial charge is 0.497 e. The number of benzene rings is 2. The fourth-order valence-electron chi connectivity index (χ4n) is 2.17. The van der Waals surface area contributed by atoms with Crippen LogP contribution in [-0.2, 0) is 0 Å². The Morgan fingerprint density at radius 1 is 1.15 bits per heavy atom. The molecule has 20 heavy (non-hydrogen) atoms. The van der Waals surface area contributed by atoms with E-state index in [1.165, 1.54) is 13.2 Å². The van der Waals surface area contributed by atoms with Crippen LogP contribution < -0.4 is 19.9 Å². The van der Waals surface area contributed by atoms with E-state index in [1.54, 1.807) is 24.3 Å². The maximum Gasteiger partial charge on any atom is 0.231 e. The average molecular weight is 275 g/mol. The van der Waals surface area contributed by atoms with Crippen LogP contribution in [0, 0.1) is 5.82 Å². The van der Waals surface area contributed by atoms with Crippen LogP contribution >= 0.6 is 0 Å². The Hall–Kier alpha value is -2.27. The van der Waals surface area contributed by atoms with Crippen molar-refractivity contribution < 1.29 is 18.6 Å². The molecule has 0 saturated heterocycles. The summed E-state index contributed by atoms with van der Waals surface area (Å²) in [6.07, 6.45) is 0. The molecule has 1 unspecified atom stereocenters. The minimum Gasteiger partial charge on any atom is -0.497 e. The van der Waals surface area contributed by atoms with Crippen LogP contribution in [-0.4, -0.2) is 13.9 Å². The van der Waals surface area contributed by atoms with Gasteiger partial charge in [0.05, 0.1) is 13.2 Å². The molecule has 3 rings (SSSR count). The van der Waals surface area contributed by atoms with Gasteiger partial charge in [0, 0.05) is 11.6 Å². The molecule has 5 heteroatoms. The highest BCUT2D eigenvalue weighted by Crippen LogP contribution is 2.35. The Morgan fingerprint density at radius 3 is 2.70 bits per heavy atom. The first-order chi connectivity index (χ1) is 9.69. The van der Waals surface area contributed by atoms with E-state index < -0.39 is 11.9 Å². The number of fused-ring (bicyclic) bond motifs is 1. The van der Waals surface area contributed by atoms with E-state index in [2.05, 4.69) is 0 Å². The number of hydrogen-bond donors (Lipinski definition) is 1. The standard InChI is InChI=1S/C15H14FNO3/c1-18-10-3-4-11(12(16)7-10)15(17)9-2-5-13-14(6-9)20-8-19-13/h2-7,15H,8,17H2,1H3. The highest BCUT2D eigenvalue weighted by Gasteiger charge is 2.19. The van der Waals surface area contributed by atoms with Crippen molar-refractivity contribution in [3.05, 3.63) is 53.3 Å². The number of nitrogens with two attached hydrogens (primary N) is 1. The maximum absolute atomic E-state index is 14.0. The van der Waals surface area contributed by atoms with Gasteiger partial charge in [-0.05, 0) is 23.8 Å². The molecule has 2 aromatic carbocycles. The van der Waals surface area contributed by atoms with E-state index in [4.69, 9.17) is 19.9 Å². The molecule has 1 heterocycles. The van der Waals surface area contributed by atoms with Crippen LogP contribution in [0.5, 0.6) is 17.2 Å². The topological polar surface area (TPSA) is 53.7 Å². The highest BCUT2D eigenvalue weighted by atomic mass is 19.1. The molecule has 4 nitrogen and oxygen atoms in total. The summed E-state index contributed by atoms with van der Waals surface area (Å²) in [5.74, 6) is 1.38. The average Bonchev–Trinajstić information content (AvgIpc) is 2.93. The third-order valence-electron chi connectivity index (χ3n) is 3.30. The number of halogens is 1. The molecule has 0 aromatic heterocycles. The smallest absolute Gasteiger partial charge is 0.231 e. The molecule has 2 aromatic rings. The molecule has 0 bridgehead atoms. The van der Waals surface area contributed by atoms with Crippen LogP contribution in [0.15, 0.2) is 36.4 Å². The number of ether oxygens (including phenoxy) is 3. The number of hydrogen-bond acceptors (Lipinski definition) is 4. The van der Waals surface area contributed by atoms with Crippen molar-refractivity contribution in [1.82, 2.24) is 0 Å². The second-order valence-electron chi connectivity index (χ2n) is 4.48. The van der Waals surface area contributed by atoms with Gasteiger partial charge in [-0.25, -0.2) is 4.39 Å². The first-order valence-corrected chi connectivity index (χ1v) is 6.17. The summed E-state index contributed by atoms with van der Waals surface area (Å²) in [6.45, 7) is 0.199. The second kappa shape index (κ2) is 5.02. The van der Waals surface area contributed by atoms with Crippen LogP contribution in [0.25, 0.3) is 0 Å². The predicted molar refractivity (Wildman–Crippen MR) is 71.5 cm³/mol. The summed E-state index contributed by atoms with van der Waals surface area (Å²) >= 11 is 0. The van der Waals surface area contributed by atoms with Gasteiger partial charge in [-0.15, -0.1) is 0 Å². The molecule has 0 spiro atoms. The Labute approximate surface area is 115 Å². The van der Waals surface area contributed by atoms with Crippen molar-refractivity contribution in [3.63, 3.8) is 0 Å². The summed E-state index contributed by atoms with van der Waals surface area (Å²) in [6, 6.07) is 9.42. The number of rotatable bonds is 3. The monoisotopic (exact) mass is 275 g/mol. The lowest BCUT2D eigenvalue weighted by Crippen LogP contribution is -2.13. The van der Waals surface area contributed by atoms with Crippen molar-refractivity contribution in [2.24, 2.45) is 5.73 Å². The zero-order valence-corrected chi connectivity index (χ0v) is 10.9. The van der Waals surface area contributed by atoms with Crippen LogP contribution in [0.3, 0.4) is 0 Å². The van der Waals surface area contributed by atoms with Gasteiger partial charge in [-0.3, -0.25) is 0 Å². The van der Waals surface area contributed by atoms with Gasteiger partial charge in [0.25, 0.3) is 0 Å². The molecule has 0 aliphatic carbocycles. The van der Waals surface area contributed by atoms with Gasteiger partial charge in [0.1, 0.15) is 11.6 Å². The highest BCUT2D eigenvalue weighted by molar-refractivity contribution is 5.47. The SMILES string of the molecule is COc1ccc(C(N)c2ccc3c(c2)OCO3)c(F)c1. The Bertz CT molecular complexity index is 645. The molecular formula is C15H14FNO3. The summed E-state index contributed by atoms with van der Waals surface area (Å²) in [7, 11) is 1.49. The molecule has 104 valence electrons. The fraction of sp³-hybridized carbons (Fsp3) is 0.200. The van der Waals surface area contributed by atoms with Gasteiger partial charge < -0.3 is 19.9 Å². The minimum atomic E-state index is -0.574. The summed E-state index contributed by atoms with van der Waals surface area (Å²) < 4.78 is 29.5. The molecule has 0 saturated carbocycles. The summed E-state index contributed by atoms with van der Waals surface area (Å²) in [5, 5.41) is 0.